The molecule has 2 aliphatic rings. The van der Waals surface area contributed by atoms with Gasteiger partial charge in [0.25, 0.3) is 0 Å². The van der Waals surface area contributed by atoms with Crippen LogP contribution >= 0.6 is 0 Å². The topological polar surface area (TPSA) is 69.9 Å². The maximum absolute atomic E-state index is 9.89. The molecule has 3 N–H and O–H groups in total. The zero-order chi connectivity index (χ0) is 21.0. The van der Waals surface area contributed by atoms with E-state index in [1.54, 1.807) is 13.8 Å². The molecule has 0 bridgehead atoms. The van der Waals surface area contributed by atoms with Crippen LogP contribution in [-0.2, 0) is 0 Å². The average molecular weight is 401 g/mol. The maximum Gasteiger partial charge on any atom is 0.119 e. The van der Waals surface area contributed by atoms with E-state index in [1.807, 2.05) is 12.1 Å². The maximum atomic E-state index is 9.89. The van der Waals surface area contributed by atoms with Gasteiger partial charge in [-0.15, -0.1) is 0 Å². The first kappa shape index (κ1) is 22.1. The summed E-state index contributed by atoms with van der Waals surface area (Å²) < 4.78 is 5.67. The Hall–Kier alpha value is -1.62. The minimum Gasteiger partial charge on any atom is -0.491 e. The van der Waals surface area contributed by atoms with Crippen LogP contribution in [0.3, 0.4) is 0 Å². The quantitative estimate of drug-likeness (QED) is 0.681. The summed E-state index contributed by atoms with van der Waals surface area (Å²) in [6.45, 7) is 6.06. The summed E-state index contributed by atoms with van der Waals surface area (Å²) in [5.41, 5.74) is 3.08. The van der Waals surface area contributed by atoms with Crippen LogP contribution in [0.1, 0.15) is 70.8 Å². The molecule has 160 valence electrons. The third-order valence-electron chi connectivity index (χ3n) is 6.14. The average Bonchev–Trinajstić information content (AvgIpc) is 2.65. The van der Waals surface area contributed by atoms with Gasteiger partial charge in [0.05, 0.1) is 17.8 Å². The number of allylic oxidation sites excluding steroid dienone is 3. The monoisotopic (exact) mass is 400 g/mol. The van der Waals surface area contributed by atoms with E-state index in [-0.39, 0.29) is 6.61 Å². The predicted molar refractivity (Wildman–Crippen MR) is 116 cm³/mol. The Morgan fingerprint density at radius 3 is 2.34 bits per heavy atom. The van der Waals surface area contributed by atoms with Gasteiger partial charge in [0, 0.05) is 0 Å². The van der Waals surface area contributed by atoms with E-state index in [1.165, 1.54) is 24.0 Å². The van der Waals surface area contributed by atoms with Crippen molar-refractivity contribution in [1.82, 2.24) is 0 Å². The number of benzene rings is 1. The van der Waals surface area contributed by atoms with E-state index in [0.29, 0.717) is 31.1 Å². The lowest BCUT2D eigenvalue weighted by molar-refractivity contribution is 0.0285. The minimum absolute atomic E-state index is 0.275. The van der Waals surface area contributed by atoms with Crippen LogP contribution in [-0.4, -0.2) is 39.7 Å². The summed E-state index contributed by atoms with van der Waals surface area (Å²) in [5.74, 6) is 1.73. The summed E-state index contributed by atoms with van der Waals surface area (Å²) in [6, 6.07) is 8.30. The van der Waals surface area contributed by atoms with E-state index < -0.39 is 17.8 Å². The third-order valence-corrected chi connectivity index (χ3v) is 6.14. The second kappa shape index (κ2) is 9.46. The van der Waals surface area contributed by atoms with Crippen LogP contribution in [0, 0.1) is 5.92 Å². The smallest absolute Gasteiger partial charge is 0.119 e. The highest BCUT2D eigenvalue weighted by Crippen LogP contribution is 2.41. The number of rotatable bonds is 5. The molecular formula is C25H36O4. The van der Waals surface area contributed by atoms with Crippen molar-refractivity contribution in [3.63, 3.8) is 0 Å². The molecule has 0 amide bonds. The Kier molecular flexibility index (Phi) is 7.20. The van der Waals surface area contributed by atoms with Gasteiger partial charge < -0.3 is 20.1 Å². The summed E-state index contributed by atoms with van der Waals surface area (Å²) in [6.07, 6.45) is 8.82. The van der Waals surface area contributed by atoms with Crippen LogP contribution in [0.4, 0.5) is 0 Å². The van der Waals surface area contributed by atoms with Crippen LogP contribution in [0.2, 0.25) is 0 Å². The Bertz CT molecular complexity index is 714. The molecule has 0 aromatic heterocycles. The fourth-order valence-electron chi connectivity index (χ4n) is 4.55. The molecule has 3 rings (SSSR count). The van der Waals surface area contributed by atoms with E-state index in [0.717, 1.165) is 17.7 Å². The highest BCUT2D eigenvalue weighted by atomic mass is 16.5. The molecule has 4 atom stereocenters. The molecule has 0 radical (unpaired) electrons. The molecule has 2 fully saturated rings. The molecule has 0 unspecified atom stereocenters. The molecule has 0 heterocycles. The lowest BCUT2D eigenvalue weighted by Gasteiger charge is -2.32. The summed E-state index contributed by atoms with van der Waals surface area (Å²) in [7, 11) is 0. The number of hydrogen-bond donors (Lipinski definition) is 3. The van der Waals surface area contributed by atoms with Gasteiger partial charge >= 0.3 is 0 Å². The van der Waals surface area contributed by atoms with Crippen molar-refractivity contribution in [2.24, 2.45) is 5.92 Å². The lowest BCUT2D eigenvalue weighted by Crippen LogP contribution is -2.27. The molecule has 0 spiro atoms. The molecule has 4 heteroatoms. The largest absolute Gasteiger partial charge is 0.491 e. The first-order chi connectivity index (χ1) is 13.7. The van der Waals surface area contributed by atoms with E-state index in [9.17, 15) is 15.3 Å². The Balaban J connectivity index is 1.66. The van der Waals surface area contributed by atoms with Crippen LogP contribution in [0.15, 0.2) is 47.6 Å². The van der Waals surface area contributed by atoms with Crippen LogP contribution in [0.25, 0.3) is 0 Å². The van der Waals surface area contributed by atoms with Crippen LogP contribution < -0.4 is 4.74 Å². The number of ether oxygens (including phenoxy) is 1. The molecule has 1 aromatic carbocycles. The van der Waals surface area contributed by atoms with Crippen molar-refractivity contribution >= 4 is 0 Å². The summed E-state index contributed by atoms with van der Waals surface area (Å²) in [5, 5.41) is 29.6. The molecule has 1 aromatic rings. The Morgan fingerprint density at radius 1 is 1.07 bits per heavy atom. The lowest BCUT2D eigenvalue weighted by atomic mass is 9.73. The van der Waals surface area contributed by atoms with Gasteiger partial charge in [0.2, 0.25) is 0 Å². The third kappa shape index (κ3) is 6.43. The molecule has 4 nitrogen and oxygen atoms in total. The number of hydrogen-bond acceptors (Lipinski definition) is 4. The van der Waals surface area contributed by atoms with Crippen LogP contribution in [0.5, 0.6) is 5.75 Å². The van der Waals surface area contributed by atoms with Gasteiger partial charge in [0.1, 0.15) is 12.4 Å². The molecule has 0 aliphatic heterocycles. The van der Waals surface area contributed by atoms with E-state index >= 15 is 0 Å². The normalized spacial score (nSPS) is 29.7. The molecular weight excluding hydrogens is 364 g/mol. The fourth-order valence-corrected chi connectivity index (χ4v) is 4.55. The highest BCUT2D eigenvalue weighted by molar-refractivity contribution is 5.33. The zero-order valence-corrected chi connectivity index (χ0v) is 18.0. The fraction of sp³-hybridized carbons (Fsp3) is 0.600. The first-order valence-corrected chi connectivity index (χ1v) is 10.9. The molecule has 2 saturated carbocycles. The van der Waals surface area contributed by atoms with Gasteiger partial charge in [-0.1, -0.05) is 42.4 Å². The second-order valence-corrected chi connectivity index (χ2v) is 9.48. The Labute approximate surface area is 174 Å². The summed E-state index contributed by atoms with van der Waals surface area (Å²) in [4.78, 5) is 0. The van der Waals surface area contributed by atoms with Crippen molar-refractivity contribution in [2.45, 2.75) is 83.0 Å². The van der Waals surface area contributed by atoms with Crippen molar-refractivity contribution in [3.8, 4) is 5.75 Å². The number of aliphatic hydroxyl groups is 3. The van der Waals surface area contributed by atoms with E-state index in [4.69, 9.17) is 4.74 Å². The standard InChI is InChI=1S/C25H36O4/c1-17-19(8-7-18-13-21(26)15-22(27)14-18)5-4-6-24(17)20-9-11-23(12-10-20)29-16-25(2,3)28/h7-12,17,21-22,24,26-28H,4-6,13-16H2,1-3H3/b19-8+/t17-,21+,22+,24-/m0/s1. The molecule has 2 aliphatic carbocycles. The minimum atomic E-state index is -0.838. The number of aliphatic hydroxyl groups excluding tert-OH is 2. The van der Waals surface area contributed by atoms with E-state index in [2.05, 4.69) is 31.2 Å². The van der Waals surface area contributed by atoms with Gasteiger partial charge in [-0.25, -0.2) is 0 Å². The van der Waals surface area contributed by atoms with Gasteiger partial charge in [-0.2, -0.15) is 0 Å². The van der Waals surface area contributed by atoms with Gasteiger partial charge in [0.15, 0.2) is 0 Å². The first-order valence-electron chi connectivity index (χ1n) is 10.9. The zero-order valence-electron chi connectivity index (χ0n) is 18.0. The molecule has 29 heavy (non-hydrogen) atoms. The van der Waals surface area contributed by atoms with Gasteiger partial charge in [-0.05, 0) is 81.9 Å². The predicted octanol–water partition coefficient (Wildman–Crippen LogP) is 4.50. The summed E-state index contributed by atoms with van der Waals surface area (Å²) >= 11 is 0. The Morgan fingerprint density at radius 2 is 1.72 bits per heavy atom. The molecule has 0 saturated heterocycles. The van der Waals surface area contributed by atoms with Crippen molar-refractivity contribution in [1.29, 1.82) is 0 Å². The second-order valence-electron chi connectivity index (χ2n) is 9.48. The van der Waals surface area contributed by atoms with Crippen molar-refractivity contribution in [3.05, 3.63) is 53.1 Å². The van der Waals surface area contributed by atoms with Crippen molar-refractivity contribution in [2.75, 3.05) is 6.61 Å². The highest BCUT2D eigenvalue weighted by Gasteiger charge is 2.27. The SMILES string of the molecule is C[C@H]1/C(=C/C=C2C[C@@H](O)C[C@H](O)C2)CCC[C@@H]1c1ccc(OCC(C)(C)O)cc1. The van der Waals surface area contributed by atoms with Gasteiger partial charge in [-0.3, -0.25) is 0 Å². The van der Waals surface area contributed by atoms with Crippen molar-refractivity contribution < 1.29 is 20.1 Å².